The Morgan fingerprint density at radius 1 is 0.852 bits per heavy atom. The third-order valence-electron chi connectivity index (χ3n) is 3.68. The van der Waals surface area contributed by atoms with E-state index in [2.05, 4.69) is 4.72 Å². The van der Waals surface area contributed by atoms with Crippen molar-refractivity contribution in [2.24, 2.45) is 0 Å². The number of thiophene rings is 1. The van der Waals surface area contributed by atoms with E-state index in [4.69, 9.17) is 14.2 Å². The molecule has 0 unspecified atom stereocenters. The molecule has 142 valence electrons. The minimum Gasteiger partial charge on any atom is -0.497 e. The summed E-state index contributed by atoms with van der Waals surface area (Å²) in [5, 5.41) is 0. The van der Waals surface area contributed by atoms with Crippen molar-refractivity contribution in [3.63, 3.8) is 0 Å². The van der Waals surface area contributed by atoms with Gasteiger partial charge in [-0.05, 0) is 55.5 Å². The van der Waals surface area contributed by atoms with Gasteiger partial charge in [-0.3, -0.25) is 4.72 Å². The third-order valence-corrected chi connectivity index (χ3v) is 6.56. The fourth-order valence-corrected chi connectivity index (χ4v) is 4.69. The number of benzene rings is 2. The van der Waals surface area contributed by atoms with Crippen LogP contribution in [0.2, 0.25) is 0 Å². The first-order chi connectivity index (χ1) is 12.9. The summed E-state index contributed by atoms with van der Waals surface area (Å²) in [7, 11) is -0.546. The molecule has 8 heteroatoms. The Bertz CT molecular complexity index is 1030. The van der Waals surface area contributed by atoms with Crippen LogP contribution in [-0.4, -0.2) is 22.6 Å². The zero-order valence-corrected chi connectivity index (χ0v) is 16.7. The minimum absolute atomic E-state index is 0.258. The van der Waals surface area contributed by atoms with E-state index >= 15 is 0 Å². The molecule has 0 radical (unpaired) electrons. The van der Waals surface area contributed by atoms with Crippen LogP contribution in [0.3, 0.4) is 0 Å². The molecule has 1 aromatic heterocycles. The molecule has 27 heavy (non-hydrogen) atoms. The molecule has 0 aliphatic rings. The highest BCUT2D eigenvalue weighted by Gasteiger charge is 2.17. The number of hydrogen-bond acceptors (Lipinski definition) is 6. The van der Waals surface area contributed by atoms with Crippen molar-refractivity contribution in [2.45, 2.75) is 11.1 Å². The summed E-state index contributed by atoms with van der Waals surface area (Å²) in [6.45, 7) is 1.86. The second kappa shape index (κ2) is 7.89. The minimum atomic E-state index is -3.66. The van der Waals surface area contributed by atoms with Crippen LogP contribution >= 0.6 is 11.3 Å². The quantitative estimate of drug-likeness (QED) is 0.618. The number of rotatable bonds is 7. The van der Waals surface area contributed by atoms with Gasteiger partial charge >= 0.3 is 0 Å². The largest absolute Gasteiger partial charge is 0.497 e. The number of sulfonamides is 1. The van der Waals surface area contributed by atoms with Crippen molar-refractivity contribution in [1.82, 2.24) is 0 Å². The molecule has 1 heterocycles. The fraction of sp³-hybridized carbons (Fsp3) is 0.158. The van der Waals surface area contributed by atoms with Gasteiger partial charge in [0.25, 0.3) is 10.0 Å². The smallest absolute Gasteiger partial charge is 0.271 e. The summed E-state index contributed by atoms with van der Waals surface area (Å²) in [4.78, 5) is 0.925. The second-order valence-corrected chi connectivity index (χ2v) is 8.81. The average molecular weight is 405 g/mol. The molecule has 1 N–H and O–H groups in total. The Kier molecular flexibility index (Phi) is 5.57. The van der Waals surface area contributed by atoms with Crippen molar-refractivity contribution in [1.29, 1.82) is 0 Å². The van der Waals surface area contributed by atoms with Gasteiger partial charge in [-0.1, -0.05) is 0 Å². The second-order valence-electron chi connectivity index (χ2n) is 5.61. The molecule has 0 amide bonds. The van der Waals surface area contributed by atoms with E-state index < -0.39 is 10.0 Å². The van der Waals surface area contributed by atoms with E-state index in [0.717, 1.165) is 4.88 Å². The maximum Gasteiger partial charge on any atom is 0.271 e. The molecule has 3 rings (SSSR count). The molecule has 0 saturated carbocycles. The van der Waals surface area contributed by atoms with Gasteiger partial charge in [-0.25, -0.2) is 8.42 Å². The first-order valence-corrected chi connectivity index (χ1v) is 10.3. The standard InChI is InChI=1S/C19H19NO5S2/c1-13-4-11-19(26-13)27(21,22)20-14-5-10-17(24-3)18(12-14)25-16-8-6-15(23-2)7-9-16/h4-12,20H,1-3H3. The molecule has 3 aromatic rings. The highest BCUT2D eigenvalue weighted by atomic mass is 32.2. The maximum absolute atomic E-state index is 12.5. The number of methoxy groups -OCH3 is 2. The van der Waals surface area contributed by atoms with Gasteiger partial charge < -0.3 is 14.2 Å². The van der Waals surface area contributed by atoms with Crippen LogP contribution < -0.4 is 18.9 Å². The van der Waals surface area contributed by atoms with Gasteiger partial charge in [0.05, 0.1) is 19.9 Å². The Labute approximate surface area is 162 Å². The zero-order valence-electron chi connectivity index (χ0n) is 15.1. The normalized spacial score (nSPS) is 11.1. The molecule has 2 aromatic carbocycles. The maximum atomic E-state index is 12.5. The predicted octanol–water partition coefficient (Wildman–Crippen LogP) is 4.67. The summed E-state index contributed by atoms with van der Waals surface area (Å²) in [5.41, 5.74) is 0.380. The van der Waals surface area contributed by atoms with Crippen molar-refractivity contribution < 1.29 is 22.6 Å². The van der Waals surface area contributed by atoms with Crippen LogP contribution in [0, 0.1) is 6.92 Å². The summed E-state index contributed by atoms with van der Waals surface area (Å²) in [6, 6.07) is 15.3. The fourth-order valence-electron chi connectivity index (χ4n) is 2.35. The van der Waals surface area contributed by atoms with Crippen LogP contribution in [0.5, 0.6) is 23.0 Å². The van der Waals surface area contributed by atoms with Gasteiger partial charge in [-0.2, -0.15) is 0 Å². The van der Waals surface area contributed by atoms with Gasteiger partial charge in [-0.15, -0.1) is 11.3 Å². The van der Waals surface area contributed by atoms with E-state index in [1.165, 1.54) is 18.4 Å². The molecule has 0 bridgehead atoms. The molecular weight excluding hydrogens is 386 g/mol. The lowest BCUT2D eigenvalue weighted by atomic mass is 10.2. The van der Waals surface area contributed by atoms with Crippen molar-refractivity contribution >= 4 is 27.0 Å². The number of ether oxygens (including phenoxy) is 3. The topological polar surface area (TPSA) is 73.9 Å². The predicted molar refractivity (Wildman–Crippen MR) is 106 cm³/mol. The van der Waals surface area contributed by atoms with Crippen molar-refractivity contribution in [3.05, 3.63) is 59.5 Å². The molecule has 0 fully saturated rings. The Morgan fingerprint density at radius 3 is 2.15 bits per heavy atom. The molecule has 0 saturated heterocycles. The summed E-state index contributed by atoms with van der Waals surface area (Å²) < 4.78 is 44.2. The lowest BCUT2D eigenvalue weighted by Gasteiger charge is -2.13. The Balaban J connectivity index is 1.86. The van der Waals surface area contributed by atoms with Crippen molar-refractivity contribution in [2.75, 3.05) is 18.9 Å². The van der Waals surface area contributed by atoms with E-state index in [1.54, 1.807) is 61.7 Å². The van der Waals surface area contributed by atoms with E-state index in [-0.39, 0.29) is 4.21 Å². The SMILES string of the molecule is COc1ccc(Oc2cc(NS(=O)(=O)c3ccc(C)s3)ccc2OC)cc1. The average Bonchev–Trinajstić information content (AvgIpc) is 3.10. The summed E-state index contributed by atoms with van der Waals surface area (Å²) >= 11 is 1.21. The lowest BCUT2D eigenvalue weighted by molar-refractivity contribution is 0.378. The number of aryl methyl sites for hydroxylation is 1. The van der Waals surface area contributed by atoms with E-state index in [9.17, 15) is 8.42 Å². The highest BCUT2D eigenvalue weighted by Crippen LogP contribution is 2.35. The van der Waals surface area contributed by atoms with Crippen LogP contribution in [0.25, 0.3) is 0 Å². The summed E-state index contributed by atoms with van der Waals surface area (Å²) in [6.07, 6.45) is 0. The Hall–Kier alpha value is -2.71. The zero-order chi connectivity index (χ0) is 19.4. The molecule has 0 spiro atoms. The van der Waals surface area contributed by atoms with Crippen LogP contribution in [0.1, 0.15) is 4.88 Å². The summed E-state index contributed by atoms with van der Waals surface area (Å²) in [5.74, 6) is 2.16. The van der Waals surface area contributed by atoms with Gasteiger partial charge in [0.15, 0.2) is 11.5 Å². The van der Waals surface area contributed by atoms with Crippen LogP contribution in [-0.2, 0) is 10.0 Å². The number of hydrogen-bond donors (Lipinski definition) is 1. The molecular formula is C19H19NO5S2. The van der Waals surface area contributed by atoms with Gasteiger partial charge in [0.1, 0.15) is 15.7 Å². The molecule has 0 aliphatic carbocycles. The number of anilines is 1. The molecule has 6 nitrogen and oxygen atoms in total. The van der Waals surface area contributed by atoms with Crippen molar-refractivity contribution in [3.8, 4) is 23.0 Å². The first-order valence-electron chi connectivity index (χ1n) is 8.00. The monoisotopic (exact) mass is 405 g/mol. The van der Waals surface area contributed by atoms with Gasteiger partial charge in [0.2, 0.25) is 0 Å². The van der Waals surface area contributed by atoms with E-state index in [0.29, 0.717) is 28.7 Å². The molecule has 0 atom stereocenters. The third kappa shape index (κ3) is 4.53. The number of nitrogens with one attached hydrogen (secondary N) is 1. The molecule has 0 aliphatic heterocycles. The Morgan fingerprint density at radius 2 is 1.56 bits per heavy atom. The van der Waals surface area contributed by atoms with Crippen LogP contribution in [0.15, 0.2) is 58.8 Å². The van der Waals surface area contributed by atoms with Gasteiger partial charge in [0, 0.05) is 10.9 Å². The van der Waals surface area contributed by atoms with E-state index in [1.807, 2.05) is 6.92 Å². The first kappa shape index (κ1) is 19.1. The highest BCUT2D eigenvalue weighted by molar-refractivity contribution is 7.94. The lowest BCUT2D eigenvalue weighted by Crippen LogP contribution is -2.11. The van der Waals surface area contributed by atoms with Crippen LogP contribution in [0.4, 0.5) is 5.69 Å².